The first-order valence-electron chi connectivity index (χ1n) is 4.78. The van der Waals surface area contributed by atoms with Crippen molar-refractivity contribution in [1.82, 2.24) is 14.6 Å². The SMILES string of the molecule is CCc1ccc2nc(CCO)cn2n1. The zero-order valence-corrected chi connectivity index (χ0v) is 8.14. The molecule has 74 valence electrons. The molecule has 0 unspecified atom stereocenters. The van der Waals surface area contributed by atoms with Crippen LogP contribution in [-0.4, -0.2) is 26.3 Å². The van der Waals surface area contributed by atoms with E-state index in [0.717, 1.165) is 23.5 Å². The molecule has 4 nitrogen and oxygen atoms in total. The van der Waals surface area contributed by atoms with Crippen LogP contribution in [0.3, 0.4) is 0 Å². The first kappa shape index (κ1) is 9.15. The fourth-order valence-electron chi connectivity index (χ4n) is 1.39. The topological polar surface area (TPSA) is 50.4 Å². The van der Waals surface area contributed by atoms with Crippen molar-refractivity contribution in [2.45, 2.75) is 19.8 Å². The molecule has 1 N–H and O–H groups in total. The second kappa shape index (κ2) is 3.75. The predicted molar refractivity (Wildman–Crippen MR) is 53.2 cm³/mol. The molecule has 0 spiro atoms. The summed E-state index contributed by atoms with van der Waals surface area (Å²) in [5.74, 6) is 0. The molecule has 2 heterocycles. The molecule has 0 aliphatic heterocycles. The first-order valence-corrected chi connectivity index (χ1v) is 4.78. The quantitative estimate of drug-likeness (QED) is 0.781. The zero-order chi connectivity index (χ0) is 9.97. The summed E-state index contributed by atoms with van der Waals surface area (Å²) in [6, 6.07) is 3.93. The third-order valence-electron chi connectivity index (χ3n) is 2.16. The summed E-state index contributed by atoms with van der Waals surface area (Å²) in [5, 5.41) is 13.1. The molecule has 0 atom stereocenters. The van der Waals surface area contributed by atoms with E-state index >= 15 is 0 Å². The van der Waals surface area contributed by atoms with E-state index in [1.54, 1.807) is 4.52 Å². The van der Waals surface area contributed by atoms with Gasteiger partial charge in [0.05, 0.1) is 17.6 Å². The molecule has 0 aliphatic rings. The van der Waals surface area contributed by atoms with E-state index in [0.29, 0.717) is 6.42 Å². The molecule has 2 aromatic rings. The Kier molecular flexibility index (Phi) is 2.45. The van der Waals surface area contributed by atoms with Gasteiger partial charge in [0, 0.05) is 13.0 Å². The minimum absolute atomic E-state index is 0.129. The second-order valence-corrected chi connectivity index (χ2v) is 3.19. The van der Waals surface area contributed by atoms with Crippen LogP contribution in [0.2, 0.25) is 0 Å². The van der Waals surface area contributed by atoms with Gasteiger partial charge in [-0.2, -0.15) is 5.10 Å². The van der Waals surface area contributed by atoms with Gasteiger partial charge in [0.1, 0.15) is 0 Å². The molecule has 4 heteroatoms. The van der Waals surface area contributed by atoms with Crippen molar-refractivity contribution in [3.05, 3.63) is 29.7 Å². The van der Waals surface area contributed by atoms with Gasteiger partial charge in [-0.15, -0.1) is 0 Å². The Morgan fingerprint density at radius 3 is 2.93 bits per heavy atom. The van der Waals surface area contributed by atoms with Crippen LogP contribution < -0.4 is 0 Å². The second-order valence-electron chi connectivity index (χ2n) is 3.19. The van der Waals surface area contributed by atoms with Crippen molar-refractivity contribution < 1.29 is 5.11 Å². The summed E-state index contributed by atoms with van der Waals surface area (Å²) in [7, 11) is 0. The summed E-state index contributed by atoms with van der Waals surface area (Å²) >= 11 is 0. The Balaban J connectivity index is 2.43. The number of imidazole rings is 1. The van der Waals surface area contributed by atoms with Crippen LogP contribution in [0, 0.1) is 0 Å². The van der Waals surface area contributed by atoms with Gasteiger partial charge in [0.2, 0.25) is 0 Å². The number of aliphatic hydroxyl groups is 1. The number of hydrogen-bond donors (Lipinski definition) is 1. The maximum atomic E-state index is 8.78. The summed E-state index contributed by atoms with van der Waals surface area (Å²) in [4.78, 5) is 4.32. The van der Waals surface area contributed by atoms with Crippen molar-refractivity contribution in [2.24, 2.45) is 0 Å². The lowest BCUT2D eigenvalue weighted by molar-refractivity contribution is 0.298. The Morgan fingerprint density at radius 2 is 2.21 bits per heavy atom. The van der Waals surface area contributed by atoms with Gasteiger partial charge < -0.3 is 5.11 Å². The van der Waals surface area contributed by atoms with Crippen LogP contribution in [0.1, 0.15) is 18.3 Å². The molecule has 0 bridgehead atoms. The van der Waals surface area contributed by atoms with Gasteiger partial charge in [-0.3, -0.25) is 0 Å². The van der Waals surface area contributed by atoms with Crippen molar-refractivity contribution in [1.29, 1.82) is 0 Å². The lowest BCUT2D eigenvalue weighted by atomic mass is 10.3. The van der Waals surface area contributed by atoms with Crippen molar-refractivity contribution >= 4 is 5.65 Å². The summed E-state index contributed by atoms with van der Waals surface area (Å²) < 4.78 is 1.77. The molecule has 0 aromatic carbocycles. The summed E-state index contributed by atoms with van der Waals surface area (Å²) in [6.07, 6.45) is 3.37. The Morgan fingerprint density at radius 1 is 1.36 bits per heavy atom. The fraction of sp³-hybridized carbons (Fsp3) is 0.400. The molecule has 0 saturated heterocycles. The summed E-state index contributed by atoms with van der Waals surface area (Å²) in [6.45, 7) is 2.20. The number of nitrogens with zero attached hydrogens (tertiary/aromatic N) is 3. The standard InChI is InChI=1S/C10H13N3O/c1-2-8-3-4-10-11-9(5-6-14)7-13(10)12-8/h3-4,7,14H,2,5-6H2,1H3. The highest BCUT2D eigenvalue weighted by Gasteiger charge is 2.01. The number of aryl methyl sites for hydroxylation is 1. The molecule has 2 rings (SSSR count). The third-order valence-corrected chi connectivity index (χ3v) is 2.16. The smallest absolute Gasteiger partial charge is 0.153 e. The largest absolute Gasteiger partial charge is 0.396 e. The number of hydrogen-bond acceptors (Lipinski definition) is 3. The molecular weight excluding hydrogens is 178 g/mol. The monoisotopic (exact) mass is 191 g/mol. The lowest BCUT2D eigenvalue weighted by Gasteiger charge is -1.95. The Hall–Kier alpha value is -1.42. The highest BCUT2D eigenvalue weighted by Crippen LogP contribution is 2.05. The minimum atomic E-state index is 0.129. The minimum Gasteiger partial charge on any atom is -0.396 e. The molecule has 14 heavy (non-hydrogen) atoms. The number of fused-ring (bicyclic) bond motifs is 1. The van der Waals surface area contributed by atoms with Crippen molar-refractivity contribution in [2.75, 3.05) is 6.61 Å². The van der Waals surface area contributed by atoms with Crippen LogP contribution in [0.4, 0.5) is 0 Å². The van der Waals surface area contributed by atoms with Crippen LogP contribution in [-0.2, 0) is 12.8 Å². The Labute approximate surface area is 82.2 Å². The number of aliphatic hydroxyl groups excluding tert-OH is 1. The van der Waals surface area contributed by atoms with Gasteiger partial charge in [0.25, 0.3) is 0 Å². The van der Waals surface area contributed by atoms with E-state index in [1.165, 1.54) is 0 Å². The molecular formula is C10H13N3O. The average Bonchev–Trinajstić information content (AvgIpc) is 2.59. The summed E-state index contributed by atoms with van der Waals surface area (Å²) in [5.41, 5.74) is 2.77. The molecule has 0 amide bonds. The van der Waals surface area contributed by atoms with Crippen LogP contribution in [0.5, 0.6) is 0 Å². The van der Waals surface area contributed by atoms with E-state index in [4.69, 9.17) is 5.11 Å². The molecule has 0 aliphatic carbocycles. The maximum Gasteiger partial charge on any atom is 0.153 e. The molecule has 0 fully saturated rings. The van der Waals surface area contributed by atoms with Crippen molar-refractivity contribution in [3.63, 3.8) is 0 Å². The van der Waals surface area contributed by atoms with Crippen LogP contribution >= 0.6 is 0 Å². The molecule has 0 radical (unpaired) electrons. The van der Waals surface area contributed by atoms with Crippen molar-refractivity contribution in [3.8, 4) is 0 Å². The fourth-order valence-corrected chi connectivity index (χ4v) is 1.39. The van der Waals surface area contributed by atoms with E-state index in [1.807, 2.05) is 18.3 Å². The third kappa shape index (κ3) is 1.61. The first-order chi connectivity index (χ1) is 6.83. The molecule has 2 aromatic heterocycles. The van der Waals surface area contributed by atoms with Gasteiger partial charge in [-0.25, -0.2) is 9.50 Å². The highest BCUT2D eigenvalue weighted by molar-refractivity contribution is 5.38. The van der Waals surface area contributed by atoms with E-state index in [-0.39, 0.29) is 6.61 Å². The zero-order valence-electron chi connectivity index (χ0n) is 8.14. The van der Waals surface area contributed by atoms with E-state index < -0.39 is 0 Å². The lowest BCUT2D eigenvalue weighted by Crippen LogP contribution is -1.94. The number of rotatable bonds is 3. The van der Waals surface area contributed by atoms with Gasteiger partial charge in [-0.1, -0.05) is 6.92 Å². The highest BCUT2D eigenvalue weighted by atomic mass is 16.3. The van der Waals surface area contributed by atoms with E-state index in [2.05, 4.69) is 17.0 Å². The van der Waals surface area contributed by atoms with Crippen LogP contribution in [0.25, 0.3) is 5.65 Å². The molecule has 0 saturated carbocycles. The number of aromatic nitrogens is 3. The normalized spacial score (nSPS) is 11.0. The maximum absolute atomic E-state index is 8.78. The van der Waals surface area contributed by atoms with Gasteiger partial charge in [0.15, 0.2) is 5.65 Å². The van der Waals surface area contributed by atoms with Gasteiger partial charge in [-0.05, 0) is 18.6 Å². The van der Waals surface area contributed by atoms with Gasteiger partial charge >= 0.3 is 0 Å². The van der Waals surface area contributed by atoms with E-state index in [9.17, 15) is 0 Å². The average molecular weight is 191 g/mol. The Bertz CT molecular complexity index is 436. The van der Waals surface area contributed by atoms with Crippen LogP contribution in [0.15, 0.2) is 18.3 Å². The predicted octanol–water partition coefficient (Wildman–Crippen LogP) is 0.827.